The molecular weight excluding hydrogens is 236 g/mol. The summed E-state index contributed by atoms with van der Waals surface area (Å²) in [7, 11) is 1.53. The largest absolute Gasteiger partial charge is 0.360 e. The van der Waals surface area contributed by atoms with Gasteiger partial charge in [-0.2, -0.15) is 0 Å². The van der Waals surface area contributed by atoms with Crippen LogP contribution in [0.5, 0.6) is 0 Å². The van der Waals surface area contributed by atoms with E-state index >= 15 is 0 Å². The molecule has 0 aromatic carbocycles. The Kier molecular flexibility index (Phi) is 4.85. The van der Waals surface area contributed by atoms with Gasteiger partial charge < -0.3 is 20.5 Å². The van der Waals surface area contributed by atoms with E-state index in [9.17, 15) is 9.59 Å². The molecule has 18 heavy (non-hydrogen) atoms. The van der Waals surface area contributed by atoms with Crippen LogP contribution in [0.3, 0.4) is 0 Å². The summed E-state index contributed by atoms with van der Waals surface area (Å²) in [6.07, 6.45) is 0.535. The Balaban J connectivity index is 2.47. The number of likely N-dealkylation sites (N-methyl/N-ethyl adjacent to an activating group) is 1. The second-order valence-corrected chi connectivity index (χ2v) is 4.08. The maximum atomic E-state index is 11.7. The Morgan fingerprint density at radius 3 is 2.78 bits per heavy atom. The van der Waals surface area contributed by atoms with Crippen molar-refractivity contribution in [2.24, 2.45) is 5.73 Å². The second-order valence-electron chi connectivity index (χ2n) is 4.08. The van der Waals surface area contributed by atoms with Crippen molar-refractivity contribution in [3.05, 3.63) is 11.8 Å². The molecule has 100 valence electrons. The van der Waals surface area contributed by atoms with Crippen molar-refractivity contribution in [1.82, 2.24) is 10.1 Å². The first-order valence-corrected chi connectivity index (χ1v) is 5.67. The average molecular weight is 254 g/mol. The highest BCUT2D eigenvalue weighted by Gasteiger charge is 2.18. The van der Waals surface area contributed by atoms with Crippen molar-refractivity contribution >= 4 is 17.6 Å². The van der Waals surface area contributed by atoms with Crippen LogP contribution < -0.4 is 11.1 Å². The number of anilines is 1. The number of aryl methyl sites for hydroxylation is 1. The third-order valence-corrected chi connectivity index (χ3v) is 2.41. The van der Waals surface area contributed by atoms with Gasteiger partial charge in [-0.25, -0.2) is 0 Å². The molecule has 1 atom stereocenters. The van der Waals surface area contributed by atoms with Crippen molar-refractivity contribution in [2.45, 2.75) is 26.3 Å². The molecule has 0 saturated carbocycles. The SMILES string of the molecule is CC[C@H](N)C(=O)N(C)CC(=O)Nc1cc(C)on1. The Labute approximate surface area is 105 Å². The molecule has 2 amide bonds. The predicted octanol–water partition coefficient (Wildman–Crippen LogP) is 0.117. The van der Waals surface area contributed by atoms with E-state index in [1.165, 1.54) is 11.9 Å². The first-order chi connectivity index (χ1) is 8.43. The van der Waals surface area contributed by atoms with Crippen LogP contribution in [0.1, 0.15) is 19.1 Å². The van der Waals surface area contributed by atoms with Crippen molar-refractivity contribution in [3.63, 3.8) is 0 Å². The topological polar surface area (TPSA) is 101 Å². The van der Waals surface area contributed by atoms with E-state index in [2.05, 4.69) is 10.5 Å². The van der Waals surface area contributed by atoms with Gasteiger partial charge in [-0.3, -0.25) is 9.59 Å². The lowest BCUT2D eigenvalue weighted by Crippen LogP contribution is -2.44. The number of nitrogens with one attached hydrogen (secondary N) is 1. The van der Waals surface area contributed by atoms with E-state index in [4.69, 9.17) is 10.3 Å². The lowest BCUT2D eigenvalue weighted by molar-refractivity contribution is -0.134. The molecule has 0 saturated heterocycles. The number of carbonyl (C=O) groups is 2. The molecule has 7 nitrogen and oxygen atoms in total. The molecule has 0 aliphatic carbocycles. The van der Waals surface area contributed by atoms with Crippen molar-refractivity contribution in [1.29, 1.82) is 0 Å². The Morgan fingerprint density at radius 1 is 1.61 bits per heavy atom. The molecule has 7 heteroatoms. The van der Waals surface area contributed by atoms with E-state index < -0.39 is 6.04 Å². The minimum absolute atomic E-state index is 0.0710. The number of carbonyl (C=O) groups excluding carboxylic acids is 2. The summed E-state index contributed by atoms with van der Waals surface area (Å²) in [6.45, 7) is 3.46. The highest BCUT2D eigenvalue weighted by atomic mass is 16.5. The van der Waals surface area contributed by atoms with Gasteiger partial charge in [-0.05, 0) is 13.3 Å². The van der Waals surface area contributed by atoms with E-state index in [1.54, 1.807) is 13.0 Å². The highest BCUT2D eigenvalue weighted by molar-refractivity contribution is 5.94. The van der Waals surface area contributed by atoms with E-state index in [1.807, 2.05) is 6.92 Å². The van der Waals surface area contributed by atoms with Gasteiger partial charge in [-0.1, -0.05) is 12.1 Å². The van der Waals surface area contributed by atoms with Gasteiger partial charge in [0.25, 0.3) is 0 Å². The van der Waals surface area contributed by atoms with Crippen LogP contribution in [0.4, 0.5) is 5.82 Å². The van der Waals surface area contributed by atoms with Crippen molar-refractivity contribution < 1.29 is 14.1 Å². The molecule has 0 fully saturated rings. The van der Waals surface area contributed by atoms with Gasteiger partial charge in [0.05, 0.1) is 12.6 Å². The standard InChI is InChI=1S/C11H18N4O3/c1-4-8(12)11(17)15(3)6-10(16)13-9-5-7(2)18-14-9/h5,8H,4,6,12H2,1-3H3,(H,13,14,16)/t8-/m0/s1. The molecule has 0 radical (unpaired) electrons. The molecule has 1 aromatic heterocycles. The van der Waals surface area contributed by atoms with Crippen LogP contribution in [-0.4, -0.2) is 41.5 Å². The van der Waals surface area contributed by atoms with Gasteiger partial charge >= 0.3 is 0 Å². The van der Waals surface area contributed by atoms with Crippen molar-refractivity contribution in [2.75, 3.05) is 18.9 Å². The summed E-state index contributed by atoms with van der Waals surface area (Å²) in [5.74, 6) is 0.326. The lowest BCUT2D eigenvalue weighted by Gasteiger charge is -2.19. The predicted molar refractivity (Wildman–Crippen MR) is 65.8 cm³/mol. The van der Waals surface area contributed by atoms with Crippen LogP contribution in [0.25, 0.3) is 0 Å². The van der Waals surface area contributed by atoms with Gasteiger partial charge in [0, 0.05) is 13.1 Å². The fourth-order valence-corrected chi connectivity index (χ4v) is 1.36. The molecular formula is C11H18N4O3. The minimum Gasteiger partial charge on any atom is -0.360 e. The van der Waals surface area contributed by atoms with Crippen LogP contribution in [0.15, 0.2) is 10.6 Å². The Bertz CT molecular complexity index is 430. The van der Waals surface area contributed by atoms with Crippen LogP contribution >= 0.6 is 0 Å². The van der Waals surface area contributed by atoms with Crippen LogP contribution in [-0.2, 0) is 9.59 Å². The Morgan fingerprint density at radius 2 is 2.28 bits per heavy atom. The zero-order chi connectivity index (χ0) is 13.7. The maximum Gasteiger partial charge on any atom is 0.245 e. The zero-order valence-electron chi connectivity index (χ0n) is 10.8. The van der Waals surface area contributed by atoms with E-state index in [-0.39, 0.29) is 18.4 Å². The minimum atomic E-state index is -0.572. The summed E-state index contributed by atoms with van der Waals surface area (Å²) in [4.78, 5) is 24.6. The summed E-state index contributed by atoms with van der Waals surface area (Å²) >= 11 is 0. The smallest absolute Gasteiger partial charge is 0.245 e. The highest BCUT2D eigenvalue weighted by Crippen LogP contribution is 2.06. The zero-order valence-corrected chi connectivity index (χ0v) is 10.8. The number of rotatable bonds is 5. The molecule has 0 aliphatic heterocycles. The van der Waals surface area contributed by atoms with E-state index in [0.717, 1.165) is 0 Å². The number of nitrogens with two attached hydrogens (primary N) is 1. The number of hydrogen-bond donors (Lipinski definition) is 2. The summed E-state index contributed by atoms with van der Waals surface area (Å²) in [5, 5.41) is 6.15. The van der Waals surface area contributed by atoms with Crippen LogP contribution in [0.2, 0.25) is 0 Å². The molecule has 3 N–H and O–H groups in total. The van der Waals surface area contributed by atoms with Gasteiger partial charge in [0.2, 0.25) is 11.8 Å². The number of nitrogens with zero attached hydrogens (tertiary/aromatic N) is 2. The third-order valence-electron chi connectivity index (χ3n) is 2.41. The molecule has 0 spiro atoms. The normalized spacial score (nSPS) is 12.0. The summed E-state index contributed by atoms with van der Waals surface area (Å²) in [5.41, 5.74) is 5.60. The third kappa shape index (κ3) is 3.85. The monoisotopic (exact) mass is 254 g/mol. The van der Waals surface area contributed by atoms with Gasteiger partial charge in [0.15, 0.2) is 5.82 Å². The van der Waals surface area contributed by atoms with E-state index in [0.29, 0.717) is 18.0 Å². The van der Waals surface area contributed by atoms with Gasteiger partial charge in [0.1, 0.15) is 5.76 Å². The first-order valence-electron chi connectivity index (χ1n) is 5.67. The molecule has 1 rings (SSSR count). The second kappa shape index (κ2) is 6.15. The van der Waals surface area contributed by atoms with Crippen LogP contribution in [0, 0.1) is 6.92 Å². The summed E-state index contributed by atoms with van der Waals surface area (Å²) < 4.78 is 4.81. The molecule has 0 bridgehead atoms. The average Bonchev–Trinajstić information content (AvgIpc) is 2.72. The molecule has 1 heterocycles. The molecule has 1 aromatic rings. The van der Waals surface area contributed by atoms with Gasteiger partial charge in [-0.15, -0.1) is 0 Å². The molecule has 0 aliphatic rings. The first kappa shape index (κ1) is 14.2. The number of aromatic nitrogens is 1. The Hall–Kier alpha value is -1.89. The molecule has 0 unspecified atom stereocenters. The number of hydrogen-bond acceptors (Lipinski definition) is 5. The quantitative estimate of drug-likeness (QED) is 0.777. The maximum absolute atomic E-state index is 11.7. The number of amides is 2. The summed E-state index contributed by atoms with van der Waals surface area (Å²) in [6, 6.07) is 1.02. The fraction of sp³-hybridized carbons (Fsp3) is 0.545. The lowest BCUT2D eigenvalue weighted by atomic mass is 10.2. The van der Waals surface area contributed by atoms with Crippen molar-refractivity contribution in [3.8, 4) is 0 Å². The fourth-order valence-electron chi connectivity index (χ4n) is 1.36.